The Bertz CT molecular complexity index is 1320. The summed E-state index contributed by atoms with van der Waals surface area (Å²) in [6.07, 6.45) is -4.38. The third-order valence-electron chi connectivity index (χ3n) is 6.36. The molecule has 0 unspecified atom stereocenters. The number of hydrogen-bond donors (Lipinski definition) is 0. The number of alkyl halides is 3. The third-order valence-corrected chi connectivity index (χ3v) is 9.13. The summed E-state index contributed by atoms with van der Waals surface area (Å²) in [5.41, 5.74) is -0.214. The molecule has 0 spiro atoms. The maximum absolute atomic E-state index is 13.3. The SMILES string of the molecule is O=C(Cc1cccs1)N(CCN1CCN(S(=O)(=O)c2cccc(C(F)(F)F)c2)CC1)Cc1ccc(F)cc1. The van der Waals surface area contributed by atoms with Crippen LogP contribution in [0.25, 0.3) is 0 Å². The highest BCUT2D eigenvalue weighted by Crippen LogP contribution is 2.31. The molecule has 4 rings (SSSR count). The molecule has 38 heavy (non-hydrogen) atoms. The van der Waals surface area contributed by atoms with Crippen LogP contribution >= 0.6 is 11.3 Å². The highest BCUT2D eigenvalue weighted by molar-refractivity contribution is 7.89. The van der Waals surface area contributed by atoms with Crippen molar-refractivity contribution in [2.24, 2.45) is 0 Å². The Labute approximate surface area is 223 Å². The van der Waals surface area contributed by atoms with Gasteiger partial charge in [-0.05, 0) is 47.3 Å². The highest BCUT2D eigenvalue weighted by atomic mass is 32.2. The van der Waals surface area contributed by atoms with Crippen LogP contribution in [0.3, 0.4) is 0 Å². The molecule has 0 atom stereocenters. The zero-order valence-corrected chi connectivity index (χ0v) is 22.0. The summed E-state index contributed by atoms with van der Waals surface area (Å²) >= 11 is 1.49. The molecule has 1 aliphatic heterocycles. The topological polar surface area (TPSA) is 60.9 Å². The highest BCUT2D eigenvalue weighted by Gasteiger charge is 2.34. The first kappa shape index (κ1) is 28.2. The number of hydrogen-bond acceptors (Lipinski definition) is 5. The van der Waals surface area contributed by atoms with Gasteiger partial charge in [0.2, 0.25) is 15.9 Å². The van der Waals surface area contributed by atoms with Gasteiger partial charge in [0.1, 0.15) is 5.82 Å². The number of sulfonamides is 1. The molecule has 1 fully saturated rings. The standard InChI is InChI=1S/C26H27F4N3O3S2/c27-22-8-6-20(7-9-22)19-32(25(34)18-23-4-2-16-37-23)13-10-31-11-14-33(15-12-31)38(35,36)24-5-1-3-21(17-24)26(28,29)30/h1-9,16-17H,10-15,18-19H2. The van der Waals surface area contributed by atoms with Gasteiger partial charge in [-0.15, -0.1) is 11.3 Å². The predicted octanol–water partition coefficient (Wildman–Crippen LogP) is 4.48. The average molecular weight is 570 g/mol. The molecule has 1 aliphatic rings. The van der Waals surface area contributed by atoms with Crippen molar-refractivity contribution < 1.29 is 30.8 Å². The van der Waals surface area contributed by atoms with Gasteiger partial charge in [0, 0.05) is 50.7 Å². The summed E-state index contributed by atoms with van der Waals surface area (Å²) in [7, 11) is -4.07. The van der Waals surface area contributed by atoms with E-state index in [2.05, 4.69) is 0 Å². The smallest absolute Gasteiger partial charge is 0.337 e. The van der Waals surface area contributed by atoms with E-state index in [1.165, 1.54) is 33.8 Å². The Morgan fingerprint density at radius 2 is 1.68 bits per heavy atom. The molecule has 1 aromatic heterocycles. The largest absolute Gasteiger partial charge is 0.416 e. The van der Waals surface area contributed by atoms with Crippen molar-refractivity contribution in [3.8, 4) is 0 Å². The second kappa shape index (κ2) is 11.9. The lowest BCUT2D eigenvalue weighted by Gasteiger charge is -2.35. The van der Waals surface area contributed by atoms with E-state index in [9.17, 15) is 30.8 Å². The van der Waals surface area contributed by atoms with Crippen LogP contribution in [-0.4, -0.2) is 67.7 Å². The Morgan fingerprint density at radius 1 is 0.974 bits per heavy atom. The van der Waals surface area contributed by atoms with Crippen LogP contribution < -0.4 is 0 Å². The molecule has 1 saturated heterocycles. The quantitative estimate of drug-likeness (QED) is 0.357. The number of amides is 1. The van der Waals surface area contributed by atoms with Gasteiger partial charge in [0.25, 0.3) is 0 Å². The van der Waals surface area contributed by atoms with Gasteiger partial charge >= 0.3 is 6.18 Å². The maximum Gasteiger partial charge on any atom is 0.416 e. The number of piperazine rings is 1. The van der Waals surface area contributed by atoms with Crippen LogP contribution in [-0.2, 0) is 34.0 Å². The Balaban J connectivity index is 1.37. The van der Waals surface area contributed by atoms with Crippen LogP contribution in [0, 0.1) is 5.82 Å². The van der Waals surface area contributed by atoms with E-state index in [4.69, 9.17) is 0 Å². The second-order valence-corrected chi connectivity index (χ2v) is 11.9. The first-order valence-electron chi connectivity index (χ1n) is 12.0. The molecular weight excluding hydrogens is 542 g/mol. The normalized spacial score (nSPS) is 15.5. The van der Waals surface area contributed by atoms with E-state index >= 15 is 0 Å². The van der Waals surface area contributed by atoms with Gasteiger partial charge in [-0.2, -0.15) is 17.5 Å². The molecule has 12 heteroatoms. The summed E-state index contributed by atoms with van der Waals surface area (Å²) in [5, 5.41) is 1.90. The number of carbonyl (C=O) groups excluding carboxylic acids is 1. The minimum Gasteiger partial charge on any atom is -0.337 e. The van der Waals surface area contributed by atoms with E-state index in [1.54, 1.807) is 17.0 Å². The molecule has 6 nitrogen and oxygen atoms in total. The van der Waals surface area contributed by atoms with Crippen LogP contribution in [0.1, 0.15) is 16.0 Å². The van der Waals surface area contributed by atoms with E-state index in [0.29, 0.717) is 38.8 Å². The number of nitrogens with zero attached hydrogens (tertiary/aromatic N) is 3. The van der Waals surface area contributed by atoms with E-state index in [-0.39, 0.29) is 36.1 Å². The number of carbonyl (C=O) groups is 1. The lowest BCUT2D eigenvalue weighted by Crippen LogP contribution is -2.50. The van der Waals surface area contributed by atoms with Crippen molar-refractivity contribution in [2.75, 3.05) is 39.3 Å². The third kappa shape index (κ3) is 7.19. The van der Waals surface area contributed by atoms with E-state index < -0.39 is 21.8 Å². The fourth-order valence-electron chi connectivity index (χ4n) is 4.21. The van der Waals surface area contributed by atoms with E-state index in [0.717, 1.165) is 22.6 Å². The van der Waals surface area contributed by atoms with Gasteiger partial charge in [-0.1, -0.05) is 24.3 Å². The summed E-state index contributed by atoms with van der Waals surface area (Å²) in [6, 6.07) is 13.5. The molecule has 1 amide bonds. The molecule has 204 valence electrons. The summed E-state index contributed by atoms with van der Waals surface area (Å²) in [5.74, 6) is -0.425. The Kier molecular flexibility index (Phi) is 8.86. The van der Waals surface area contributed by atoms with Crippen LogP contribution in [0.2, 0.25) is 0 Å². The number of rotatable bonds is 9. The van der Waals surface area contributed by atoms with Crippen LogP contribution in [0.15, 0.2) is 70.9 Å². The summed E-state index contributed by atoms with van der Waals surface area (Å²) in [6.45, 7) is 2.20. The summed E-state index contributed by atoms with van der Waals surface area (Å²) < 4.78 is 79.6. The van der Waals surface area contributed by atoms with Gasteiger partial charge in [-0.25, -0.2) is 12.8 Å². The lowest BCUT2D eigenvalue weighted by molar-refractivity contribution is -0.137. The molecule has 2 aromatic carbocycles. The Hall–Kier alpha value is -2.80. The lowest BCUT2D eigenvalue weighted by atomic mass is 10.2. The first-order chi connectivity index (χ1) is 18.0. The van der Waals surface area contributed by atoms with Gasteiger partial charge in [0.15, 0.2) is 0 Å². The zero-order valence-electron chi connectivity index (χ0n) is 20.4. The first-order valence-corrected chi connectivity index (χ1v) is 14.3. The molecule has 0 radical (unpaired) electrons. The van der Waals surface area contributed by atoms with Crippen molar-refractivity contribution in [2.45, 2.75) is 24.0 Å². The molecular formula is C26H27F4N3O3S2. The fourth-order valence-corrected chi connectivity index (χ4v) is 6.38. The van der Waals surface area contributed by atoms with E-state index in [1.807, 2.05) is 22.4 Å². The maximum atomic E-state index is 13.3. The molecule has 0 aliphatic carbocycles. The zero-order chi connectivity index (χ0) is 27.3. The molecule has 0 N–H and O–H groups in total. The van der Waals surface area contributed by atoms with Crippen molar-refractivity contribution in [1.29, 1.82) is 0 Å². The fraction of sp³-hybridized carbons (Fsp3) is 0.346. The number of halogens is 4. The van der Waals surface area contributed by atoms with Crippen molar-refractivity contribution in [3.63, 3.8) is 0 Å². The van der Waals surface area contributed by atoms with Crippen LogP contribution in [0.5, 0.6) is 0 Å². The predicted molar refractivity (Wildman–Crippen MR) is 136 cm³/mol. The number of thiophene rings is 1. The number of benzene rings is 2. The minimum absolute atomic E-state index is 0.0671. The van der Waals surface area contributed by atoms with Gasteiger partial charge in [-0.3, -0.25) is 9.69 Å². The molecule has 3 aromatic rings. The Morgan fingerprint density at radius 3 is 2.32 bits per heavy atom. The minimum atomic E-state index is -4.63. The van der Waals surface area contributed by atoms with Gasteiger partial charge in [0.05, 0.1) is 16.9 Å². The van der Waals surface area contributed by atoms with Crippen molar-refractivity contribution >= 4 is 27.3 Å². The van der Waals surface area contributed by atoms with Crippen molar-refractivity contribution in [1.82, 2.24) is 14.1 Å². The molecule has 0 bridgehead atoms. The molecule has 0 saturated carbocycles. The molecule has 2 heterocycles. The van der Waals surface area contributed by atoms with Crippen LogP contribution in [0.4, 0.5) is 17.6 Å². The summed E-state index contributed by atoms with van der Waals surface area (Å²) in [4.78, 5) is 17.3. The van der Waals surface area contributed by atoms with Crippen molar-refractivity contribution in [3.05, 3.63) is 87.9 Å². The van der Waals surface area contributed by atoms with Gasteiger partial charge < -0.3 is 4.90 Å². The average Bonchev–Trinajstić information content (AvgIpc) is 3.40. The monoisotopic (exact) mass is 569 g/mol. The second-order valence-electron chi connectivity index (χ2n) is 8.97.